The molecule has 3 aromatic rings. The van der Waals surface area contributed by atoms with E-state index < -0.39 is 5.91 Å². The van der Waals surface area contributed by atoms with Gasteiger partial charge in [-0.05, 0) is 47.9 Å². The van der Waals surface area contributed by atoms with E-state index in [4.69, 9.17) is 10.5 Å². The van der Waals surface area contributed by atoms with Gasteiger partial charge in [-0.2, -0.15) is 0 Å². The first-order valence-electron chi connectivity index (χ1n) is 11.9. The molecule has 3 N–H and O–H groups in total. The van der Waals surface area contributed by atoms with E-state index in [-0.39, 0.29) is 23.2 Å². The highest BCUT2D eigenvalue weighted by molar-refractivity contribution is 6.08. The van der Waals surface area contributed by atoms with E-state index >= 15 is 0 Å². The molecule has 36 heavy (non-hydrogen) atoms. The third-order valence-corrected chi connectivity index (χ3v) is 6.55. The fourth-order valence-electron chi connectivity index (χ4n) is 4.55. The lowest BCUT2D eigenvalue weighted by molar-refractivity contribution is -0.116. The Morgan fingerprint density at radius 1 is 0.972 bits per heavy atom. The molecule has 184 valence electrons. The molecule has 0 radical (unpaired) electrons. The van der Waals surface area contributed by atoms with Crippen molar-refractivity contribution in [2.75, 3.05) is 48.8 Å². The maximum absolute atomic E-state index is 13.1. The van der Waals surface area contributed by atoms with Crippen LogP contribution in [0.4, 0.5) is 17.2 Å². The Morgan fingerprint density at radius 2 is 1.72 bits per heavy atom. The molecule has 9 nitrogen and oxygen atoms in total. The molecule has 2 aliphatic rings. The fraction of sp³-hybridized carbons (Fsp3) is 0.259. The van der Waals surface area contributed by atoms with E-state index in [2.05, 4.69) is 10.3 Å². The summed E-state index contributed by atoms with van der Waals surface area (Å²) in [5, 5.41) is 2.87. The van der Waals surface area contributed by atoms with Gasteiger partial charge in [0.25, 0.3) is 11.8 Å². The molecule has 0 unspecified atom stereocenters. The Balaban J connectivity index is 1.34. The Morgan fingerprint density at radius 3 is 2.44 bits per heavy atom. The molecule has 0 atom stereocenters. The van der Waals surface area contributed by atoms with Crippen LogP contribution in [0.5, 0.6) is 0 Å². The van der Waals surface area contributed by atoms with Crippen LogP contribution in [0.3, 0.4) is 0 Å². The van der Waals surface area contributed by atoms with Gasteiger partial charge in [0, 0.05) is 55.3 Å². The highest BCUT2D eigenvalue weighted by atomic mass is 16.5. The van der Waals surface area contributed by atoms with Crippen LogP contribution in [-0.4, -0.2) is 60.5 Å². The van der Waals surface area contributed by atoms with Gasteiger partial charge in [-0.25, -0.2) is 4.98 Å². The number of hydrogen-bond acceptors (Lipinski definition) is 6. The zero-order valence-corrected chi connectivity index (χ0v) is 20.0. The zero-order valence-electron chi connectivity index (χ0n) is 20.0. The van der Waals surface area contributed by atoms with Gasteiger partial charge < -0.3 is 25.6 Å². The number of fused-ring (bicyclic) bond motifs is 1. The number of anilines is 3. The van der Waals surface area contributed by atoms with Crippen molar-refractivity contribution in [3.05, 3.63) is 71.4 Å². The molecule has 0 spiro atoms. The molecular weight excluding hydrogens is 458 g/mol. The molecule has 0 bridgehead atoms. The average Bonchev–Trinajstić information content (AvgIpc) is 3.33. The molecule has 9 heteroatoms. The molecule has 2 aliphatic heterocycles. The topological polar surface area (TPSA) is 118 Å². The normalized spacial score (nSPS) is 14.9. The summed E-state index contributed by atoms with van der Waals surface area (Å²) in [4.78, 5) is 45.4. The number of nitrogens with zero attached hydrogens (tertiary/aromatic N) is 3. The monoisotopic (exact) mass is 485 g/mol. The number of rotatable bonds is 4. The standard InChI is InChI=1S/C27H27N5O4/c1-17(33)32-9-8-19-6-7-22(15-24(19)32)30-26(34)23-14-21(16-29-25(23)28)18-2-4-20(5-3-18)27(35)31-10-12-36-13-11-31/h2-7,14-16H,8-13H2,1H3,(H2,28,29)(H,30,34). The molecule has 1 aromatic heterocycles. The number of pyridine rings is 1. The number of ether oxygens (including phenoxy) is 1. The van der Waals surface area contributed by atoms with Crippen LogP contribution in [0.25, 0.3) is 11.1 Å². The number of nitrogens with one attached hydrogen (secondary N) is 1. The summed E-state index contributed by atoms with van der Waals surface area (Å²) >= 11 is 0. The largest absolute Gasteiger partial charge is 0.383 e. The van der Waals surface area contributed by atoms with Crippen LogP contribution in [0, 0.1) is 0 Å². The lowest BCUT2D eigenvalue weighted by atomic mass is 10.0. The first kappa shape index (κ1) is 23.5. The third kappa shape index (κ3) is 4.65. The smallest absolute Gasteiger partial charge is 0.259 e. The molecule has 2 aromatic carbocycles. The Bertz CT molecular complexity index is 1330. The fourth-order valence-corrected chi connectivity index (χ4v) is 4.55. The van der Waals surface area contributed by atoms with E-state index in [0.29, 0.717) is 49.7 Å². The summed E-state index contributed by atoms with van der Waals surface area (Å²) in [6.07, 6.45) is 2.39. The maximum Gasteiger partial charge on any atom is 0.259 e. The minimum absolute atomic E-state index is 0.0296. The van der Waals surface area contributed by atoms with Gasteiger partial charge in [-0.3, -0.25) is 14.4 Å². The van der Waals surface area contributed by atoms with E-state index in [0.717, 1.165) is 23.2 Å². The average molecular weight is 486 g/mol. The van der Waals surface area contributed by atoms with Crippen LogP contribution in [0.2, 0.25) is 0 Å². The van der Waals surface area contributed by atoms with Gasteiger partial charge in [0.2, 0.25) is 5.91 Å². The number of carbonyl (C=O) groups excluding carboxylic acids is 3. The van der Waals surface area contributed by atoms with Crippen LogP contribution in [-0.2, 0) is 16.0 Å². The van der Waals surface area contributed by atoms with Crippen molar-refractivity contribution in [3.63, 3.8) is 0 Å². The van der Waals surface area contributed by atoms with Crippen molar-refractivity contribution in [1.82, 2.24) is 9.88 Å². The van der Waals surface area contributed by atoms with Crippen LogP contribution in [0.1, 0.15) is 33.2 Å². The molecule has 3 heterocycles. The predicted octanol–water partition coefficient (Wildman–Crippen LogP) is 2.96. The van der Waals surface area contributed by atoms with E-state index in [1.165, 1.54) is 6.92 Å². The van der Waals surface area contributed by atoms with Crippen molar-refractivity contribution in [2.24, 2.45) is 0 Å². The molecule has 1 fully saturated rings. The minimum atomic E-state index is -0.395. The number of nitrogen functional groups attached to an aromatic ring is 1. The van der Waals surface area contributed by atoms with Gasteiger partial charge in [0.15, 0.2) is 0 Å². The lowest BCUT2D eigenvalue weighted by Crippen LogP contribution is -2.40. The van der Waals surface area contributed by atoms with Gasteiger partial charge >= 0.3 is 0 Å². The van der Waals surface area contributed by atoms with Gasteiger partial charge in [0.05, 0.1) is 18.8 Å². The number of amides is 3. The highest BCUT2D eigenvalue weighted by Crippen LogP contribution is 2.31. The second-order valence-corrected chi connectivity index (χ2v) is 8.86. The Hall–Kier alpha value is -4.24. The summed E-state index contributed by atoms with van der Waals surface area (Å²) in [6, 6.07) is 14.4. The van der Waals surface area contributed by atoms with Crippen molar-refractivity contribution in [1.29, 1.82) is 0 Å². The molecule has 0 aliphatic carbocycles. The van der Waals surface area contributed by atoms with Crippen LogP contribution >= 0.6 is 0 Å². The SMILES string of the molecule is CC(=O)N1CCc2ccc(NC(=O)c3cc(-c4ccc(C(=O)N5CCOCC5)cc4)cnc3N)cc21. The molecule has 0 saturated carbocycles. The van der Waals surface area contributed by atoms with Crippen molar-refractivity contribution in [3.8, 4) is 11.1 Å². The van der Waals surface area contributed by atoms with Crippen molar-refractivity contribution >= 4 is 34.9 Å². The molecule has 1 saturated heterocycles. The minimum Gasteiger partial charge on any atom is -0.383 e. The summed E-state index contributed by atoms with van der Waals surface area (Å²) in [6.45, 7) is 4.43. The van der Waals surface area contributed by atoms with E-state index in [1.807, 2.05) is 24.3 Å². The summed E-state index contributed by atoms with van der Waals surface area (Å²) in [5.41, 5.74) is 10.8. The van der Waals surface area contributed by atoms with Crippen LogP contribution in [0.15, 0.2) is 54.7 Å². The number of aromatic nitrogens is 1. The second-order valence-electron chi connectivity index (χ2n) is 8.86. The Labute approximate surface area is 208 Å². The first-order valence-corrected chi connectivity index (χ1v) is 11.9. The third-order valence-electron chi connectivity index (χ3n) is 6.55. The quantitative estimate of drug-likeness (QED) is 0.587. The van der Waals surface area contributed by atoms with Crippen molar-refractivity contribution < 1.29 is 19.1 Å². The maximum atomic E-state index is 13.1. The van der Waals surface area contributed by atoms with Crippen molar-refractivity contribution in [2.45, 2.75) is 13.3 Å². The number of nitrogens with two attached hydrogens (primary N) is 1. The Kier molecular flexibility index (Phi) is 6.39. The van der Waals surface area contributed by atoms with Gasteiger partial charge in [-0.15, -0.1) is 0 Å². The first-order chi connectivity index (χ1) is 17.4. The summed E-state index contributed by atoms with van der Waals surface area (Å²) in [5.74, 6) is -0.343. The summed E-state index contributed by atoms with van der Waals surface area (Å²) < 4.78 is 5.31. The second kappa shape index (κ2) is 9.79. The molecule has 5 rings (SSSR count). The lowest BCUT2D eigenvalue weighted by Gasteiger charge is -2.26. The zero-order chi connectivity index (χ0) is 25.2. The molecular formula is C27H27N5O4. The van der Waals surface area contributed by atoms with Gasteiger partial charge in [-0.1, -0.05) is 18.2 Å². The van der Waals surface area contributed by atoms with E-state index in [1.54, 1.807) is 40.3 Å². The molecule has 3 amide bonds. The summed E-state index contributed by atoms with van der Waals surface area (Å²) in [7, 11) is 0. The predicted molar refractivity (Wildman–Crippen MR) is 137 cm³/mol. The number of hydrogen-bond donors (Lipinski definition) is 2. The van der Waals surface area contributed by atoms with Crippen LogP contribution < -0.4 is 16.0 Å². The highest BCUT2D eigenvalue weighted by Gasteiger charge is 2.23. The number of benzene rings is 2. The van der Waals surface area contributed by atoms with E-state index in [9.17, 15) is 14.4 Å². The van der Waals surface area contributed by atoms with Gasteiger partial charge in [0.1, 0.15) is 5.82 Å². The number of morpholine rings is 1. The number of carbonyl (C=O) groups is 3.